The van der Waals surface area contributed by atoms with Crippen LogP contribution in [0.4, 0.5) is 0 Å². The first-order chi connectivity index (χ1) is 23.8. The molecular weight excluding hydrogens is 640 g/mol. The van der Waals surface area contributed by atoms with Crippen molar-refractivity contribution in [3.8, 4) is 23.0 Å². The average Bonchev–Trinajstić information content (AvgIpc) is 3.06. The normalized spacial score (nSPS) is 12.7. The van der Waals surface area contributed by atoms with Crippen molar-refractivity contribution in [2.24, 2.45) is 0 Å². The highest BCUT2D eigenvalue weighted by atomic mass is 16.6. The molecule has 0 radical (unpaired) electrons. The molecule has 0 amide bonds. The highest BCUT2D eigenvalue weighted by Crippen LogP contribution is 2.53. The summed E-state index contributed by atoms with van der Waals surface area (Å²) in [4.78, 5) is 24.7. The molecule has 0 saturated heterocycles. The van der Waals surface area contributed by atoms with Gasteiger partial charge in [0, 0.05) is 17.0 Å². The Balaban J connectivity index is 0.00000448. The zero-order valence-corrected chi connectivity index (χ0v) is 29.2. The van der Waals surface area contributed by atoms with Gasteiger partial charge < -0.3 is 23.7 Å². The molecule has 7 rings (SSSR count). The number of carbonyl (C=O) groups excluding carboxylic acids is 2. The quantitative estimate of drug-likeness (QED) is 0.155. The van der Waals surface area contributed by atoms with E-state index in [1.54, 1.807) is 0 Å². The van der Waals surface area contributed by atoms with Gasteiger partial charge in [-0.05, 0) is 116 Å². The van der Waals surface area contributed by atoms with Crippen LogP contribution >= 0.6 is 0 Å². The Kier molecular flexibility index (Phi) is 9.43. The Hall–Kier alpha value is -5.56. The van der Waals surface area contributed by atoms with Gasteiger partial charge in [0.1, 0.15) is 34.2 Å². The smallest absolute Gasteiger partial charge is 0.344 e. The van der Waals surface area contributed by atoms with Crippen molar-refractivity contribution in [1.29, 1.82) is 0 Å². The van der Waals surface area contributed by atoms with Crippen LogP contribution in [-0.4, -0.2) is 36.4 Å². The standard InChI is InChI=1S/C43H40O7.CH4/c1-42(2,3)49-37(44)24-46-31-15-17-33-28(22-31)13-19-35-40(33)39(30-12-11-26-9-7-8-10-27(26)21-30)41-34-18-16-32(23-29(34)14-20-36(41)48-35)47-25-38(45)50-43(4,5)6;/h7-23,39H,24-25H2,1-6H3;1H4. The second-order valence-corrected chi connectivity index (χ2v) is 14.6. The van der Waals surface area contributed by atoms with E-state index in [2.05, 4.69) is 36.4 Å². The van der Waals surface area contributed by atoms with Crippen molar-refractivity contribution >= 4 is 44.3 Å². The van der Waals surface area contributed by atoms with Gasteiger partial charge in [-0.3, -0.25) is 0 Å². The predicted molar refractivity (Wildman–Crippen MR) is 202 cm³/mol. The fraction of sp³-hybridized carbons (Fsp3) is 0.273. The molecule has 0 atom stereocenters. The molecule has 6 aromatic carbocycles. The number of hydrogen-bond donors (Lipinski definition) is 0. The monoisotopic (exact) mass is 684 g/mol. The van der Waals surface area contributed by atoms with Crippen LogP contribution in [0.2, 0.25) is 0 Å². The van der Waals surface area contributed by atoms with Crippen LogP contribution in [0.3, 0.4) is 0 Å². The summed E-state index contributed by atoms with van der Waals surface area (Å²) >= 11 is 0. The second kappa shape index (κ2) is 13.6. The molecule has 51 heavy (non-hydrogen) atoms. The molecular formula is C44H44O7. The molecule has 7 nitrogen and oxygen atoms in total. The first kappa shape index (κ1) is 35.3. The summed E-state index contributed by atoms with van der Waals surface area (Å²) in [7, 11) is 0. The lowest BCUT2D eigenvalue weighted by Gasteiger charge is -2.31. The third-order valence-corrected chi connectivity index (χ3v) is 8.44. The Morgan fingerprint density at radius 1 is 0.569 bits per heavy atom. The van der Waals surface area contributed by atoms with Crippen LogP contribution in [0.1, 0.15) is 71.6 Å². The molecule has 0 fully saturated rings. The first-order valence-electron chi connectivity index (χ1n) is 16.8. The third-order valence-electron chi connectivity index (χ3n) is 8.44. The largest absolute Gasteiger partial charge is 0.482 e. The molecule has 0 unspecified atom stereocenters. The maximum Gasteiger partial charge on any atom is 0.344 e. The van der Waals surface area contributed by atoms with Crippen molar-refractivity contribution in [2.45, 2.75) is 66.1 Å². The molecule has 0 aliphatic carbocycles. The molecule has 1 heterocycles. The Bertz CT molecular complexity index is 2150. The number of fused-ring (bicyclic) bond motifs is 7. The first-order valence-corrected chi connectivity index (χ1v) is 16.8. The molecule has 7 heteroatoms. The van der Waals surface area contributed by atoms with Gasteiger partial charge in [0.2, 0.25) is 0 Å². The van der Waals surface area contributed by atoms with E-state index in [-0.39, 0.29) is 26.6 Å². The molecule has 0 spiro atoms. The summed E-state index contributed by atoms with van der Waals surface area (Å²) in [6.07, 6.45) is 0. The molecule has 6 aromatic rings. The molecule has 0 bridgehead atoms. The topological polar surface area (TPSA) is 80.3 Å². The van der Waals surface area contributed by atoms with E-state index < -0.39 is 23.1 Å². The minimum atomic E-state index is -0.587. The van der Waals surface area contributed by atoms with Gasteiger partial charge in [0.15, 0.2) is 13.2 Å². The molecule has 0 saturated carbocycles. The van der Waals surface area contributed by atoms with Crippen LogP contribution in [0.5, 0.6) is 23.0 Å². The highest BCUT2D eigenvalue weighted by molar-refractivity contribution is 5.96. The predicted octanol–water partition coefficient (Wildman–Crippen LogP) is 10.5. The SMILES string of the molecule is C.CC(C)(C)OC(=O)COc1ccc2c3c(ccc2c1)Oc1ccc2cc(OCC(=O)OC(C)(C)C)ccc2c1C3c1ccc2ccccc2c1. The van der Waals surface area contributed by atoms with E-state index in [0.29, 0.717) is 11.5 Å². The summed E-state index contributed by atoms with van der Waals surface area (Å²) in [6.45, 7) is 10.6. The van der Waals surface area contributed by atoms with Gasteiger partial charge in [-0.1, -0.05) is 74.2 Å². The Labute approximate surface area is 299 Å². The van der Waals surface area contributed by atoms with Gasteiger partial charge in [-0.25, -0.2) is 9.59 Å². The van der Waals surface area contributed by atoms with Crippen LogP contribution in [0, 0.1) is 0 Å². The lowest BCUT2D eigenvalue weighted by atomic mass is 9.78. The van der Waals surface area contributed by atoms with Crippen LogP contribution in [-0.2, 0) is 19.1 Å². The number of carbonyl (C=O) groups is 2. The molecule has 0 N–H and O–H groups in total. The van der Waals surface area contributed by atoms with Gasteiger partial charge in [-0.15, -0.1) is 0 Å². The minimum absolute atomic E-state index is 0. The fourth-order valence-electron chi connectivity index (χ4n) is 6.59. The Morgan fingerprint density at radius 2 is 1.04 bits per heavy atom. The van der Waals surface area contributed by atoms with Crippen molar-refractivity contribution in [1.82, 2.24) is 0 Å². The summed E-state index contributed by atoms with van der Waals surface area (Å²) < 4.78 is 29.2. The van der Waals surface area contributed by atoms with Crippen LogP contribution in [0.25, 0.3) is 32.3 Å². The number of hydrogen-bond acceptors (Lipinski definition) is 7. The van der Waals surface area contributed by atoms with E-state index in [4.69, 9.17) is 23.7 Å². The van der Waals surface area contributed by atoms with Gasteiger partial charge in [0.25, 0.3) is 0 Å². The minimum Gasteiger partial charge on any atom is -0.482 e. The van der Waals surface area contributed by atoms with E-state index in [1.165, 1.54) is 0 Å². The lowest BCUT2D eigenvalue weighted by Crippen LogP contribution is -2.27. The maximum absolute atomic E-state index is 12.3. The lowest BCUT2D eigenvalue weighted by molar-refractivity contribution is -0.158. The van der Waals surface area contributed by atoms with E-state index in [1.807, 2.05) is 108 Å². The van der Waals surface area contributed by atoms with E-state index in [0.717, 1.165) is 60.5 Å². The molecule has 1 aliphatic rings. The van der Waals surface area contributed by atoms with Crippen molar-refractivity contribution in [3.63, 3.8) is 0 Å². The van der Waals surface area contributed by atoms with E-state index in [9.17, 15) is 9.59 Å². The molecule has 0 aromatic heterocycles. The number of benzene rings is 6. The fourth-order valence-corrected chi connectivity index (χ4v) is 6.59. The zero-order valence-electron chi connectivity index (χ0n) is 29.2. The van der Waals surface area contributed by atoms with Crippen LogP contribution in [0.15, 0.2) is 103 Å². The number of ether oxygens (including phenoxy) is 5. The maximum atomic E-state index is 12.3. The molecule has 1 aliphatic heterocycles. The third kappa shape index (κ3) is 7.63. The number of esters is 2. The summed E-state index contributed by atoms with van der Waals surface area (Å²) in [5.41, 5.74) is 2.04. The van der Waals surface area contributed by atoms with Crippen molar-refractivity contribution in [2.75, 3.05) is 13.2 Å². The summed E-state index contributed by atoms with van der Waals surface area (Å²) in [5.74, 6) is 1.70. The average molecular weight is 685 g/mol. The second-order valence-electron chi connectivity index (χ2n) is 14.6. The summed E-state index contributed by atoms with van der Waals surface area (Å²) in [6, 6.07) is 34.8. The van der Waals surface area contributed by atoms with Crippen molar-refractivity contribution in [3.05, 3.63) is 120 Å². The van der Waals surface area contributed by atoms with Gasteiger partial charge in [-0.2, -0.15) is 0 Å². The van der Waals surface area contributed by atoms with Crippen LogP contribution < -0.4 is 14.2 Å². The zero-order chi connectivity index (χ0) is 35.2. The molecule has 262 valence electrons. The summed E-state index contributed by atoms with van der Waals surface area (Å²) in [5, 5.41) is 6.27. The van der Waals surface area contributed by atoms with Gasteiger partial charge in [0.05, 0.1) is 0 Å². The van der Waals surface area contributed by atoms with E-state index >= 15 is 0 Å². The van der Waals surface area contributed by atoms with Crippen molar-refractivity contribution < 1.29 is 33.3 Å². The Morgan fingerprint density at radius 3 is 1.53 bits per heavy atom. The highest BCUT2D eigenvalue weighted by Gasteiger charge is 2.32. The number of rotatable bonds is 7. The van der Waals surface area contributed by atoms with Gasteiger partial charge >= 0.3 is 11.9 Å².